The van der Waals surface area contributed by atoms with E-state index in [1.807, 2.05) is 18.2 Å². The molecule has 2 aromatic carbocycles. The molecule has 7 nitrogen and oxygen atoms in total. The summed E-state index contributed by atoms with van der Waals surface area (Å²) in [6, 6.07) is 13.9. The average molecular weight is 378 g/mol. The van der Waals surface area contributed by atoms with Crippen molar-refractivity contribution in [2.24, 2.45) is 0 Å². The Morgan fingerprint density at radius 3 is 2.71 bits per heavy atom. The van der Waals surface area contributed by atoms with E-state index >= 15 is 0 Å². The number of amides is 1. The van der Waals surface area contributed by atoms with Gasteiger partial charge in [0.15, 0.2) is 0 Å². The second-order valence-electron chi connectivity index (χ2n) is 6.58. The number of anilines is 1. The first-order chi connectivity index (χ1) is 13.5. The molecule has 1 aliphatic rings. The number of aromatic nitrogens is 1. The van der Waals surface area contributed by atoms with Crippen LogP contribution < -0.4 is 10.1 Å². The van der Waals surface area contributed by atoms with Gasteiger partial charge in [-0.05, 0) is 29.8 Å². The van der Waals surface area contributed by atoms with Gasteiger partial charge in [0.25, 0.3) is 0 Å². The van der Waals surface area contributed by atoms with E-state index in [-0.39, 0.29) is 29.3 Å². The predicted octanol–water partition coefficient (Wildman–Crippen LogP) is 3.36. The van der Waals surface area contributed by atoms with Crippen molar-refractivity contribution in [1.82, 2.24) is 4.57 Å². The number of aromatic carboxylic acids is 1. The van der Waals surface area contributed by atoms with Crippen molar-refractivity contribution in [2.75, 3.05) is 12.4 Å². The first-order valence-corrected chi connectivity index (χ1v) is 8.69. The van der Waals surface area contributed by atoms with Crippen molar-refractivity contribution in [2.45, 2.75) is 12.3 Å². The number of carboxylic acids is 1. The fourth-order valence-electron chi connectivity index (χ4n) is 3.62. The van der Waals surface area contributed by atoms with E-state index in [0.29, 0.717) is 17.1 Å². The fraction of sp³-hybridized carbons (Fsp3) is 0.143. The Kier molecular flexibility index (Phi) is 4.27. The molecule has 7 heteroatoms. The zero-order valence-electron chi connectivity index (χ0n) is 15.0. The molecule has 0 aliphatic carbocycles. The fourth-order valence-corrected chi connectivity index (χ4v) is 3.62. The van der Waals surface area contributed by atoms with Gasteiger partial charge in [0.05, 0.1) is 18.5 Å². The Labute approximate surface area is 160 Å². The van der Waals surface area contributed by atoms with Crippen LogP contribution in [0.5, 0.6) is 11.5 Å². The van der Waals surface area contributed by atoms with Crippen LogP contribution >= 0.6 is 0 Å². The van der Waals surface area contributed by atoms with Crippen LogP contribution in [0.2, 0.25) is 0 Å². The molecular weight excluding hydrogens is 360 g/mol. The zero-order chi connectivity index (χ0) is 19.8. The first-order valence-electron chi connectivity index (χ1n) is 8.69. The number of hydrogen-bond acceptors (Lipinski definition) is 4. The Morgan fingerprint density at radius 2 is 2.00 bits per heavy atom. The molecule has 0 saturated heterocycles. The zero-order valence-corrected chi connectivity index (χ0v) is 15.0. The molecule has 2 heterocycles. The highest BCUT2D eigenvalue weighted by atomic mass is 16.5. The summed E-state index contributed by atoms with van der Waals surface area (Å²) in [6.45, 7) is 0. The van der Waals surface area contributed by atoms with Gasteiger partial charge in [-0.3, -0.25) is 4.79 Å². The lowest BCUT2D eigenvalue weighted by Gasteiger charge is -2.26. The van der Waals surface area contributed by atoms with Crippen molar-refractivity contribution in [3.63, 3.8) is 0 Å². The standard InChI is InChI=1S/C21H18N2O5/c1-28-15-7-3-5-13(9-15)23-11-17(21(26)27)19-20(23)16(10-18(25)22-19)12-4-2-6-14(24)8-12/h2-9,11,16,24H,10H2,1H3,(H,22,25)(H,26,27)/t16-/m0/s1. The summed E-state index contributed by atoms with van der Waals surface area (Å²) in [5.74, 6) is -1.09. The monoisotopic (exact) mass is 378 g/mol. The first kappa shape index (κ1) is 17.7. The number of phenolic OH excluding ortho intramolecular Hbond substituents is 1. The number of hydrogen-bond donors (Lipinski definition) is 3. The van der Waals surface area contributed by atoms with Crippen LogP contribution in [0.15, 0.2) is 54.7 Å². The number of nitrogens with one attached hydrogen (secondary N) is 1. The van der Waals surface area contributed by atoms with E-state index in [4.69, 9.17) is 4.74 Å². The minimum absolute atomic E-state index is 0.0102. The van der Waals surface area contributed by atoms with E-state index in [0.717, 1.165) is 5.56 Å². The van der Waals surface area contributed by atoms with Crippen LogP contribution in [0, 0.1) is 0 Å². The van der Waals surface area contributed by atoms with Crippen molar-refractivity contribution in [3.05, 3.63) is 71.5 Å². The number of ether oxygens (including phenoxy) is 1. The molecule has 0 unspecified atom stereocenters. The lowest BCUT2D eigenvalue weighted by Crippen LogP contribution is -2.25. The third kappa shape index (κ3) is 2.96. The minimum atomic E-state index is -1.13. The molecule has 0 radical (unpaired) electrons. The highest BCUT2D eigenvalue weighted by molar-refractivity contribution is 6.04. The average Bonchev–Trinajstić information content (AvgIpc) is 3.07. The number of methoxy groups -OCH3 is 1. The van der Waals surface area contributed by atoms with Crippen LogP contribution in [-0.4, -0.2) is 33.8 Å². The van der Waals surface area contributed by atoms with Crippen LogP contribution in [0.4, 0.5) is 5.69 Å². The number of nitrogens with zero attached hydrogens (tertiary/aromatic N) is 1. The van der Waals surface area contributed by atoms with Crippen LogP contribution in [0.1, 0.15) is 34.0 Å². The molecule has 1 aromatic heterocycles. The van der Waals surface area contributed by atoms with Gasteiger partial charge in [-0.15, -0.1) is 0 Å². The van der Waals surface area contributed by atoms with Crippen molar-refractivity contribution in [1.29, 1.82) is 0 Å². The van der Waals surface area contributed by atoms with Gasteiger partial charge in [-0.2, -0.15) is 0 Å². The van der Waals surface area contributed by atoms with Crippen molar-refractivity contribution < 1.29 is 24.5 Å². The molecule has 0 saturated carbocycles. The highest BCUT2D eigenvalue weighted by Gasteiger charge is 2.34. The predicted molar refractivity (Wildman–Crippen MR) is 102 cm³/mol. The molecule has 0 spiro atoms. The van der Waals surface area contributed by atoms with Crippen LogP contribution in [0.25, 0.3) is 5.69 Å². The molecule has 142 valence electrons. The number of fused-ring (bicyclic) bond motifs is 1. The lowest BCUT2D eigenvalue weighted by atomic mass is 9.88. The second kappa shape index (κ2) is 6.77. The summed E-state index contributed by atoms with van der Waals surface area (Å²) in [5.41, 5.74) is 2.38. The molecule has 0 fully saturated rings. The smallest absolute Gasteiger partial charge is 0.339 e. The maximum Gasteiger partial charge on any atom is 0.339 e. The molecule has 1 atom stereocenters. The summed E-state index contributed by atoms with van der Waals surface area (Å²) < 4.78 is 7.05. The lowest BCUT2D eigenvalue weighted by molar-refractivity contribution is -0.116. The second-order valence-corrected chi connectivity index (χ2v) is 6.58. The normalized spacial score (nSPS) is 15.6. The number of benzene rings is 2. The van der Waals surface area contributed by atoms with Gasteiger partial charge in [-0.25, -0.2) is 4.79 Å². The molecule has 1 amide bonds. The maximum atomic E-state index is 12.3. The Hall–Kier alpha value is -3.74. The summed E-state index contributed by atoms with van der Waals surface area (Å²) in [4.78, 5) is 24.1. The van der Waals surface area contributed by atoms with Crippen molar-refractivity contribution in [3.8, 4) is 17.2 Å². The van der Waals surface area contributed by atoms with Crippen molar-refractivity contribution >= 4 is 17.6 Å². The molecule has 3 N–H and O–H groups in total. The molecular formula is C21H18N2O5. The van der Waals surface area contributed by atoms with E-state index in [2.05, 4.69) is 5.32 Å². The molecule has 1 aliphatic heterocycles. The number of carbonyl (C=O) groups is 2. The summed E-state index contributed by atoms with van der Waals surface area (Å²) in [7, 11) is 1.56. The van der Waals surface area contributed by atoms with Crippen LogP contribution in [-0.2, 0) is 4.79 Å². The molecule has 3 aromatic rings. The summed E-state index contributed by atoms with van der Waals surface area (Å²) >= 11 is 0. The van der Waals surface area contributed by atoms with Gasteiger partial charge in [0.1, 0.15) is 17.1 Å². The Morgan fingerprint density at radius 1 is 1.21 bits per heavy atom. The van der Waals surface area contributed by atoms with Gasteiger partial charge in [0.2, 0.25) is 5.91 Å². The van der Waals surface area contributed by atoms with E-state index in [9.17, 15) is 19.8 Å². The number of carboxylic acid groups (broad SMARTS) is 1. The largest absolute Gasteiger partial charge is 0.508 e. The highest BCUT2D eigenvalue weighted by Crippen LogP contribution is 2.42. The number of carbonyl (C=O) groups excluding carboxylic acids is 1. The van der Waals surface area contributed by atoms with Gasteiger partial charge in [-0.1, -0.05) is 18.2 Å². The summed E-state index contributed by atoms with van der Waals surface area (Å²) in [6.07, 6.45) is 1.65. The van der Waals surface area contributed by atoms with Gasteiger partial charge in [0, 0.05) is 30.3 Å². The molecule has 0 bridgehead atoms. The van der Waals surface area contributed by atoms with Gasteiger partial charge < -0.3 is 24.8 Å². The topological polar surface area (TPSA) is 101 Å². The third-order valence-corrected chi connectivity index (χ3v) is 4.86. The van der Waals surface area contributed by atoms with E-state index in [1.54, 1.807) is 42.0 Å². The quantitative estimate of drug-likeness (QED) is 0.646. The number of phenols is 1. The number of aromatic hydroxyl groups is 1. The SMILES string of the molecule is COc1cccc(-n2cc(C(=O)O)c3c2[C@H](c2cccc(O)c2)CC(=O)N3)c1. The summed E-state index contributed by atoms with van der Waals surface area (Å²) in [5, 5.41) is 22.3. The maximum absolute atomic E-state index is 12.3. The van der Waals surface area contributed by atoms with E-state index < -0.39 is 11.9 Å². The Balaban J connectivity index is 1.97. The third-order valence-electron chi connectivity index (χ3n) is 4.86. The van der Waals surface area contributed by atoms with Crippen LogP contribution in [0.3, 0.4) is 0 Å². The van der Waals surface area contributed by atoms with E-state index in [1.165, 1.54) is 6.20 Å². The molecule has 28 heavy (non-hydrogen) atoms. The number of rotatable bonds is 4. The molecule has 4 rings (SSSR count). The minimum Gasteiger partial charge on any atom is -0.508 e. The Bertz CT molecular complexity index is 1090. The van der Waals surface area contributed by atoms with Gasteiger partial charge >= 0.3 is 5.97 Å².